The fraction of sp³-hybridized carbons (Fsp3) is 0.875. The minimum absolute atomic E-state index is 0.183. The first-order valence-electron chi connectivity index (χ1n) is 4.56. The molecule has 0 aromatic heterocycles. The number of rotatable bonds is 6. The van der Waals surface area contributed by atoms with Gasteiger partial charge in [0.25, 0.3) is 10.2 Å². The topological polar surface area (TPSA) is 66.5 Å². The fourth-order valence-electron chi connectivity index (χ4n) is 0.944. The summed E-state index contributed by atoms with van der Waals surface area (Å²) < 4.78 is 26.1. The maximum absolute atomic E-state index is 11.4. The number of carbonyl (C=O) groups is 1. The Morgan fingerprint density at radius 1 is 1.40 bits per heavy atom. The summed E-state index contributed by atoms with van der Waals surface area (Å²) >= 11 is 5.31. The summed E-state index contributed by atoms with van der Waals surface area (Å²) in [7, 11) is -0.845. The summed E-state index contributed by atoms with van der Waals surface area (Å²) in [4.78, 5) is 11.0. The fourth-order valence-corrected chi connectivity index (χ4v) is 1.93. The quantitative estimate of drug-likeness (QED) is 0.707. The van der Waals surface area contributed by atoms with Gasteiger partial charge in [-0.2, -0.15) is 17.4 Å². The van der Waals surface area contributed by atoms with E-state index < -0.39 is 21.5 Å². The van der Waals surface area contributed by atoms with E-state index in [0.29, 0.717) is 6.42 Å². The van der Waals surface area contributed by atoms with Crippen molar-refractivity contribution in [2.75, 3.05) is 14.1 Å². The smallest absolute Gasteiger partial charge is 0.279 e. The van der Waals surface area contributed by atoms with Gasteiger partial charge in [-0.1, -0.05) is 13.8 Å². The number of nitrogens with one attached hydrogen (secondary N) is 1. The van der Waals surface area contributed by atoms with Gasteiger partial charge in [-0.25, -0.2) is 0 Å². The van der Waals surface area contributed by atoms with Gasteiger partial charge in [0.2, 0.25) is 5.24 Å². The molecule has 1 atom stereocenters. The van der Waals surface area contributed by atoms with Crippen LogP contribution in [0.3, 0.4) is 0 Å². The van der Waals surface area contributed by atoms with Crippen molar-refractivity contribution in [2.45, 2.75) is 26.3 Å². The minimum atomic E-state index is -3.61. The zero-order valence-electron chi connectivity index (χ0n) is 9.32. The lowest BCUT2D eigenvalue weighted by molar-refractivity contribution is -0.113. The number of hydrogen-bond acceptors (Lipinski definition) is 3. The van der Waals surface area contributed by atoms with Crippen molar-refractivity contribution in [2.24, 2.45) is 5.92 Å². The Bertz CT molecular complexity index is 314. The van der Waals surface area contributed by atoms with Gasteiger partial charge in [0, 0.05) is 14.1 Å². The Hall–Kier alpha value is -0.170. The van der Waals surface area contributed by atoms with Crippen LogP contribution in [0.5, 0.6) is 0 Å². The van der Waals surface area contributed by atoms with Crippen LogP contribution in [0.15, 0.2) is 0 Å². The van der Waals surface area contributed by atoms with Gasteiger partial charge in [0.15, 0.2) is 0 Å². The molecular weight excluding hydrogens is 240 g/mol. The monoisotopic (exact) mass is 256 g/mol. The highest BCUT2D eigenvalue weighted by Gasteiger charge is 2.25. The maximum atomic E-state index is 11.4. The van der Waals surface area contributed by atoms with Crippen molar-refractivity contribution in [3.63, 3.8) is 0 Å². The van der Waals surface area contributed by atoms with Crippen LogP contribution in [0.4, 0.5) is 0 Å². The summed E-state index contributed by atoms with van der Waals surface area (Å²) in [5, 5.41) is -0.686. The molecule has 1 N–H and O–H groups in total. The molecule has 0 fully saturated rings. The third-order valence-corrected chi connectivity index (χ3v) is 3.56. The molecule has 0 rings (SSSR count). The molecule has 0 bridgehead atoms. The van der Waals surface area contributed by atoms with E-state index in [1.165, 1.54) is 14.1 Å². The number of halogens is 1. The van der Waals surface area contributed by atoms with Crippen LogP contribution < -0.4 is 4.72 Å². The lowest BCUT2D eigenvalue weighted by Crippen LogP contribution is -2.45. The molecular formula is C8H17ClN2O3S. The van der Waals surface area contributed by atoms with Crippen LogP contribution in [-0.2, 0) is 15.0 Å². The second-order valence-corrected chi connectivity index (χ2v) is 6.18. The van der Waals surface area contributed by atoms with Crippen LogP contribution in [0.2, 0.25) is 0 Å². The highest BCUT2D eigenvalue weighted by Crippen LogP contribution is 2.09. The summed E-state index contributed by atoms with van der Waals surface area (Å²) in [5.41, 5.74) is 0. The molecule has 0 aromatic carbocycles. The van der Waals surface area contributed by atoms with E-state index in [1.807, 2.05) is 13.8 Å². The normalized spacial score (nSPS) is 14.6. The SMILES string of the molecule is CC(C)CC(NS(=O)(=O)N(C)C)C(=O)Cl. The second-order valence-electron chi connectivity index (χ2n) is 3.89. The van der Waals surface area contributed by atoms with E-state index in [2.05, 4.69) is 4.72 Å². The molecule has 0 heterocycles. The highest BCUT2D eigenvalue weighted by molar-refractivity contribution is 7.87. The molecule has 0 spiro atoms. The van der Waals surface area contributed by atoms with Crippen LogP contribution in [0.25, 0.3) is 0 Å². The van der Waals surface area contributed by atoms with Crippen molar-refractivity contribution in [3.8, 4) is 0 Å². The number of nitrogens with zero attached hydrogens (tertiary/aromatic N) is 1. The first-order chi connectivity index (χ1) is 6.66. The Morgan fingerprint density at radius 3 is 2.13 bits per heavy atom. The molecule has 0 saturated heterocycles. The first kappa shape index (κ1) is 14.8. The lowest BCUT2D eigenvalue weighted by Gasteiger charge is -2.19. The molecule has 1 unspecified atom stereocenters. The predicted octanol–water partition coefficient (Wildman–Crippen LogP) is 0.562. The van der Waals surface area contributed by atoms with Gasteiger partial charge in [-0.3, -0.25) is 4.79 Å². The molecule has 0 aliphatic heterocycles. The Morgan fingerprint density at radius 2 is 1.87 bits per heavy atom. The van der Waals surface area contributed by atoms with Crippen LogP contribution in [0.1, 0.15) is 20.3 Å². The first-order valence-corrected chi connectivity index (χ1v) is 6.37. The molecule has 0 saturated carbocycles. The Kier molecular flexibility index (Phi) is 5.72. The van der Waals surface area contributed by atoms with E-state index in [9.17, 15) is 13.2 Å². The summed E-state index contributed by atoms with van der Waals surface area (Å²) in [6.45, 7) is 3.77. The standard InChI is InChI=1S/C8H17ClN2O3S/c1-6(2)5-7(8(9)12)10-15(13,14)11(3)4/h6-7,10H,5H2,1-4H3. The van der Waals surface area contributed by atoms with Gasteiger partial charge < -0.3 is 0 Å². The second kappa shape index (κ2) is 5.79. The average Bonchev–Trinajstić information content (AvgIpc) is 2.01. The lowest BCUT2D eigenvalue weighted by atomic mass is 10.1. The van der Waals surface area contributed by atoms with Crippen LogP contribution >= 0.6 is 11.6 Å². The Balaban J connectivity index is 4.63. The van der Waals surface area contributed by atoms with E-state index >= 15 is 0 Å². The molecule has 0 aliphatic rings. The van der Waals surface area contributed by atoms with Gasteiger partial charge in [0.05, 0.1) is 6.04 Å². The highest BCUT2D eigenvalue weighted by atomic mass is 35.5. The van der Waals surface area contributed by atoms with Crippen LogP contribution in [0, 0.1) is 5.92 Å². The summed E-state index contributed by atoms with van der Waals surface area (Å²) in [6.07, 6.45) is 0.384. The molecule has 90 valence electrons. The molecule has 7 heteroatoms. The largest absolute Gasteiger partial charge is 0.279 e. The maximum Gasteiger partial charge on any atom is 0.279 e. The van der Waals surface area contributed by atoms with E-state index in [1.54, 1.807) is 0 Å². The third kappa shape index (κ3) is 5.46. The third-order valence-electron chi connectivity index (χ3n) is 1.75. The van der Waals surface area contributed by atoms with Gasteiger partial charge in [0.1, 0.15) is 0 Å². The van der Waals surface area contributed by atoms with Crippen molar-refractivity contribution >= 4 is 27.1 Å². The van der Waals surface area contributed by atoms with E-state index in [0.717, 1.165) is 4.31 Å². The van der Waals surface area contributed by atoms with Gasteiger partial charge in [-0.05, 0) is 23.9 Å². The van der Waals surface area contributed by atoms with Crippen molar-refractivity contribution in [1.82, 2.24) is 9.03 Å². The molecule has 0 aromatic rings. The van der Waals surface area contributed by atoms with Crippen molar-refractivity contribution in [1.29, 1.82) is 0 Å². The molecule has 0 radical (unpaired) electrons. The predicted molar refractivity (Wildman–Crippen MR) is 59.8 cm³/mol. The molecule has 0 aliphatic carbocycles. The van der Waals surface area contributed by atoms with Gasteiger partial charge in [-0.15, -0.1) is 0 Å². The van der Waals surface area contributed by atoms with E-state index in [-0.39, 0.29) is 5.92 Å². The van der Waals surface area contributed by atoms with Crippen molar-refractivity contribution in [3.05, 3.63) is 0 Å². The van der Waals surface area contributed by atoms with Gasteiger partial charge >= 0.3 is 0 Å². The average molecular weight is 257 g/mol. The number of hydrogen-bond donors (Lipinski definition) is 1. The van der Waals surface area contributed by atoms with Crippen molar-refractivity contribution < 1.29 is 13.2 Å². The summed E-state index contributed by atoms with van der Waals surface area (Å²) in [5.74, 6) is 0.183. The van der Waals surface area contributed by atoms with E-state index in [4.69, 9.17) is 11.6 Å². The number of carbonyl (C=O) groups excluding carboxylic acids is 1. The summed E-state index contributed by atoms with van der Waals surface area (Å²) in [6, 6.07) is -0.862. The zero-order chi connectivity index (χ0) is 12.2. The molecule has 15 heavy (non-hydrogen) atoms. The Labute approximate surface area is 96.0 Å². The molecule has 5 nitrogen and oxygen atoms in total. The minimum Gasteiger partial charge on any atom is -0.279 e. The zero-order valence-corrected chi connectivity index (χ0v) is 10.9. The molecule has 0 amide bonds. The van der Waals surface area contributed by atoms with Crippen LogP contribution in [-0.4, -0.2) is 38.1 Å².